The van der Waals surface area contributed by atoms with Gasteiger partial charge >= 0.3 is 6.09 Å². The summed E-state index contributed by atoms with van der Waals surface area (Å²) < 4.78 is 15.7. The van der Waals surface area contributed by atoms with E-state index < -0.39 is 6.09 Å². The Balaban J connectivity index is 1.28. The standard InChI is InChI=1S/C26H28N4O5S/c1-16-10-20(35-30-16)14-28-26(32)34-15-18-6-8-21-22(13-27)25(36-23(21)12-18)29-24(31)9-7-17-4-3-5-19(11-17)33-2/h3-5,10-11,18H,6-9,12,14-15H2,1-2H3,(H,28,32)(H,29,31). The van der Waals surface area contributed by atoms with Crippen LogP contribution in [0.25, 0.3) is 0 Å². The number of nitrogens with one attached hydrogen (secondary N) is 2. The number of thiophene rings is 1. The maximum Gasteiger partial charge on any atom is 0.407 e. The molecule has 1 aliphatic rings. The van der Waals surface area contributed by atoms with Gasteiger partial charge in [-0.15, -0.1) is 11.3 Å². The second-order valence-corrected chi connectivity index (χ2v) is 9.82. The minimum absolute atomic E-state index is 0.133. The van der Waals surface area contributed by atoms with Crippen LogP contribution in [0.2, 0.25) is 0 Å². The molecule has 1 unspecified atom stereocenters. The molecule has 0 fully saturated rings. The summed E-state index contributed by atoms with van der Waals surface area (Å²) >= 11 is 1.44. The van der Waals surface area contributed by atoms with Crippen LogP contribution in [0, 0.1) is 24.2 Å². The highest BCUT2D eigenvalue weighted by Crippen LogP contribution is 2.39. The summed E-state index contributed by atoms with van der Waals surface area (Å²) in [6.07, 6.45) is 2.58. The summed E-state index contributed by atoms with van der Waals surface area (Å²) in [5, 5.41) is 19.7. The third kappa shape index (κ3) is 6.43. The number of fused-ring (bicyclic) bond motifs is 1. The topological polar surface area (TPSA) is 126 Å². The van der Waals surface area contributed by atoms with Gasteiger partial charge in [0, 0.05) is 17.4 Å². The number of rotatable bonds is 9. The molecule has 2 N–H and O–H groups in total. The average molecular weight is 509 g/mol. The first kappa shape index (κ1) is 25.3. The van der Waals surface area contributed by atoms with Gasteiger partial charge in [-0.05, 0) is 61.8 Å². The lowest BCUT2D eigenvalue weighted by atomic mass is 9.88. The number of carbonyl (C=O) groups is 2. The summed E-state index contributed by atoms with van der Waals surface area (Å²) in [4.78, 5) is 25.7. The molecule has 1 aromatic carbocycles. The molecule has 0 radical (unpaired) electrons. The predicted octanol–water partition coefficient (Wildman–Crippen LogP) is 4.53. The zero-order valence-electron chi connectivity index (χ0n) is 20.3. The number of anilines is 1. The molecule has 3 aromatic rings. The van der Waals surface area contributed by atoms with Crippen LogP contribution in [0.5, 0.6) is 5.75 Å². The fourth-order valence-electron chi connectivity index (χ4n) is 4.18. The molecule has 0 bridgehead atoms. The summed E-state index contributed by atoms with van der Waals surface area (Å²) in [6.45, 7) is 2.30. The Morgan fingerprint density at radius 1 is 1.33 bits per heavy atom. The number of ether oxygens (including phenoxy) is 2. The molecule has 2 heterocycles. The Labute approximate surface area is 213 Å². The molecule has 0 saturated carbocycles. The van der Waals surface area contributed by atoms with E-state index >= 15 is 0 Å². The highest BCUT2D eigenvalue weighted by atomic mass is 32.1. The molecular weight excluding hydrogens is 480 g/mol. The summed E-state index contributed by atoms with van der Waals surface area (Å²) in [5.74, 6) is 1.34. The minimum Gasteiger partial charge on any atom is -0.497 e. The van der Waals surface area contributed by atoms with E-state index in [4.69, 9.17) is 14.0 Å². The fraction of sp³-hybridized carbons (Fsp3) is 0.385. The van der Waals surface area contributed by atoms with Gasteiger partial charge in [-0.25, -0.2) is 4.79 Å². The SMILES string of the molecule is COc1cccc(CCC(=O)Nc2sc3c(c2C#N)CCC(COC(=O)NCc2cc(C)no2)C3)c1. The van der Waals surface area contributed by atoms with Crippen LogP contribution in [0.1, 0.15) is 45.9 Å². The number of amides is 2. The average Bonchev–Trinajstić information content (AvgIpc) is 3.46. The zero-order chi connectivity index (χ0) is 25.5. The minimum atomic E-state index is -0.511. The van der Waals surface area contributed by atoms with E-state index in [1.165, 1.54) is 11.3 Å². The molecule has 1 aliphatic carbocycles. The molecule has 4 rings (SSSR count). The number of hydrogen-bond donors (Lipinski definition) is 2. The molecule has 0 spiro atoms. The van der Waals surface area contributed by atoms with E-state index in [0.717, 1.165) is 33.9 Å². The number of benzene rings is 1. The van der Waals surface area contributed by atoms with Crippen molar-refractivity contribution in [3.8, 4) is 11.8 Å². The van der Waals surface area contributed by atoms with Gasteiger partial charge in [0.05, 0.1) is 31.5 Å². The molecule has 0 aliphatic heterocycles. The summed E-state index contributed by atoms with van der Waals surface area (Å²) in [7, 11) is 1.61. The van der Waals surface area contributed by atoms with Crippen LogP contribution in [0.15, 0.2) is 34.9 Å². The Kier molecular flexibility index (Phi) is 8.23. The first-order valence-electron chi connectivity index (χ1n) is 11.8. The third-order valence-corrected chi connectivity index (χ3v) is 7.21. The number of nitrogens with zero attached hydrogens (tertiary/aromatic N) is 2. The second kappa shape index (κ2) is 11.7. The van der Waals surface area contributed by atoms with Crippen molar-refractivity contribution in [1.82, 2.24) is 10.5 Å². The van der Waals surface area contributed by atoms with Crippen LogP contribution >= 0.6 is 11.3 Å². The van der Waals surface area contributed by atoms with Gasteiger partial charge in [-0.2, -0.15) is 5.26 Å². The zero-order valence-corrected chi connectivity index (χ0v) is 21.1. The molecule has 36 heavy (non-hydrogen) atoms. The van der Waals surface area contributed by atoms with Crippen molar-refractivity contribution in [2.24, 2.45) is 5.92 Å². The van der Waals surface area contributed by atoms with E-state index in [0.29, 0.717) is 42.0 Å². The van der Waals surface area contributed by atoms with E-state index in [-0.39, 0.29) is 25.0 Å². The predicted molar refractivity (Wildman–Crippen MR) is 134 cm³/mol. The maximum atomic E-state index is 12.6. The Hall–Kier alpha value is -3.84. The summed E-state index contributed by atoms with van der Waals surface area (Å²) in [6, 6.07) is 11.6. The number of aryl methyl sites for hydroxylation is 2. The maximum absolute atomic E-state index is 12.6. The van der Waals surface area contributed by atoms with Crippen molar-refractivity contribution >= 4 is 28.3 Å². The van der Waals surface area contributed by atoms with Gasteiger partial charge < -0.3 is 24.6 Å². The van der Waals surface area contributed by atoms with Crippen LogP contribution in [-0.2, 0) is 35.3 Å². The highest BCUT2D eigenvalue weighted by Gasteiger charge is 2.27. The lowest BCUT2D eigenvalue weighted by molar-refractivity contribution is -0.116. The van der Waals surface area contributed by atoms with E-state index in [9.17, 15) is 14.9 Å². The number of nitriles is 1. The number of aromatic nitrogens is 1. The normalized spacial score (nSPS) is 14.4. The van der Waals surface area contributed by atoms with Crippen molar-refractivity contribution in [2.45, 2.75) is 45.6 Å². The van der Waals surface area contributed by atoms with Crippen molar-refractivity contribution in [3.63, 3.8) is 0 Å². The number of methoxy groups -OCH3 is 1. The van der Waals surface area contributed by atoms with E-state index in [2.05, 4.69) is 21.9 Å². The second-order valence-electron chi connectivity index (χ2n) is 8.71. The van der Waals surface area contributed by atoms with E-state index in [1.807, 2.05) is 31.2 Å². The molecule has 10 heteroatoms. The fourth-order valence-corrected chi connectivity index (χ4v) is 5.51. The van der Waals surface area contributed by atoms with Gasteiger partial charge in [0.25, 0.3) is 0 Å². The molecule has 188 valence electrons. The molecule has 1 atom stereocenters. The monoisotopic (exact) mass is 508 g/mol. The Morgan fingerprint density at radius 3 is 2.94 bits per heavy atom. The van der Waals surface area contributed by atoms with Crippen molar-refractivity contribution in [1.29, 1.82) is 5.26 Å². The lowest BCUT2D eigenvalue weighted by Gasteiger charge is -2.21. The van der Waals surface area contributed by atoms with Crippen LogP contribution in [0.3, 0.4) is 0 Å². The first-order valence-corrected chi connectivity index (χ1v) is 12.6. The van der Waals surface area contributed by atoms with Gasteiger partial charge in [-0.3, -0.25) is 4.79 Å². The highest BCUT2D eigenvalue weighted by molar-refractivity contribution is 7.16. The van der Waals surface area contributed by atoms with Crippen molar-refractivity contribution in [3.05, 3.63) is 63.4 Å². The van der Waals surface area contributed by atoms with Crippen LogP contribution in [0.4, 0.5) is 9.80 Å². The van der Waals surface area contributed by atoms with Crippen molar-refractivity contribution in [2.75, 3.05) is 19.0 Å². The van der Waals surface area contributed by atoms with E-state index in [1.54, 1.807) is 13.2 Å². The van der Waals surface area contributed by atoms with Crippen LogP contribution < -0.4 is 15.4 Å². The first-order chi connectivity index (χ1) is 17.4. The summed E-state index contributed by atoms with van der Waals surface area (Å²) in [5.41, 5.74) is 3.30. The molecule has 9 nitrogen and oxygen atoms in total. The smallest absolute Gasteiger partial charge is 0.407 e. The van der Waals surface area contributed by atoms with Gasteiger partial charge in [0.2, 0.25) is 5.91 Å². The Morgan fingerprint density at radius 2 is 2.19 bits per heavy atom. The third-order valence-electron chi connectivity index (χ3n) is 6.04. The quantitative estimate of drug-likeness (QED) is 0.435. The molecule has 2 aromatic heterocycles. The number of hydrogen-bond acceptors (Lipinski definition) is 8. The number of alkyl carbamates (subject to hydrolysis) is 1. The van der Waals surface area contributed by atoms with Gasteiger partial charge in [0.1, 0.15) is 16.8 Å². The van der Waals surface area contributed by atoms with Crippen LogP contribution in [-0.4, -0.2) is 30.9 Å². The van der Waals surface area contributed by atoms with Gasteiger partial charge in [0.15, 0.2) is 5.76 Å². The largest absolute Gasteiger partial charge is 0.497 e. The van der Waals surface area contributed by atoms with Gasteiger partial charge in [-0.1, -0.05) is 17.3 Å². The lowest BCUT2D eigenvalue weighted by Crippen LogP contribution is -2.27. The number of carbonyl (C=O) groups excluding carboxylic acids is 2. The molecular formula is C26H28N4O5S. The van der Waals surface area contributed by atoms with Crippen molar-refractivity contribution < 1.29 is 23.6 Å². The molecule has 0 saturated heterocycles. The molecule has 2 amide bonds. The Bertz CT molecular complexity index is 1280.